The van der Waals surface area contributed by atoms with Crippen molar-refractivity contribution in [3.8, 4) is 11.8 Å². The maximum absolute atomic E-state index is 3.35. The first-order chi connectivity index (χ1) is 6.68. The minimum absolute atomic E-state index is 1.01. The molecule has 0 aromatic carbocycles. The van der Waals surface area contributed by atoms with Crippen LogP contribution in [0, 0.1) is 11.8 Å². The Bertz CT molecular complexity index is 247. The third-order valence-electron chi connectivity index (χ3n) is 4.06. The van der Waals surface area contributed by atoms with Crippen LogP contribution in [0.15, 0.2) is 0 Å². The topological polar surface area (TPSA) is 0 Å². The van der Waals surface area contributed by atoms with Gasteiger partial charge in [0.1, 0.15) is 45.8 Å². The van der Waals surface area contributed by atoms with E-state index in [9.17, 15) is 0 Å². The molecule has 3 aliphatic rings. The summed E-state index contributed by atoms with van der Waals surface area (Å²) in [5.41, 5.74) is 0. The predicted octanol–water partition coefficient (Wildman–Crippen LogP) is 0.690. The van der Waals surface area contributed by atoms with Gasteiger partial charge in [0, 0.05) is 6.42 Å². The summed E-state index contributed by atoms with van der Waals surface area (Å²) < 4.78 is 2.61. The van der Waals surface area contributed by atoms with Gasteiger partial charge < -0.3 is 4.48 Å². The summed E-state index contributed by atoms with van der Waals surface area (Å²) in [5, 5.41) is 0. The quantitative estimate of drug-likeness (QED) is 0.425. The third-order valence-corrected chi connectivity index (χ3v) is 4.06. The lowest BCUT2D eigenvalue weighted by molar-refractivity contribution is -1.07. The average Bonchev–Trinajstić information content (AvgIpc) is 2.21. The molecule has 2 heteroatoms. The minimum Gasteiger partial charge on any atom is -0.312 e. The first-order valence-corrected chi connectivity index (χ1v) is 5.83. The number of fused-ring (bicyclic) bond motifs is 3. The molecule has 3 aliphatic heterocycles. The van der Waals surface area contributed by atoms with E-state index < -0.39 is 0 Å². The maximum atomic E-state index is 3.35. The van der Waals surface area contributed by atoms with Crippen molar-refractivity contribution in [2.45, 2.75) is 13.3 Å². The molecule has 0 aromatic rings. The van der Waals surface area contributed by atoms with Gasteiger partial charge in [0.05, 0.1) is 7.05 Å². The smallest absolute Gasteiger partial charge is 0.141 e. The fourth-order valence-electron chi connectivity index (χ4n) is 2.62. The van der Waals surface area contributed by atoms with Crippen LogP contribution in [0.1, 0.15) is 13.3 Å². The normalized spacial score (nSPS) is 40.4. The molecular weight excluding hydrogens is 172 g/mol. The molecule has 3 fully saturated rings. The molecule has 2 bridgehead atoms. The highest BCUT2D eigenvalue weighted by atomic mass is 15.5. The Hall–Kier alpha value is -0.520. The van der Waals surface area contributed by atoms with Crippen LogP contribution < -0.4 is 0 Å². The lowest BCUT2D eigenvalue weighted by atomic mass is 10.1. The lowest BCUT2D eigenvalue weighted by Gasteiger charge is -2.53. The van der Waals surface area contributed by atoms with Gasteiger partial charge in [0.15, 0.2) is 0 Å². The van der Waals surface area contributed by atoms with Crippen molar-refractivity contribution in [3.63, 3.8) is 0 Å². The zero-order valence-electron chi connectivity index (χ0n) is 9.55. The average molecular weight is 194 g/mol. The van der Waals surface area contributed by atoms with E-state index in [0.29, 0.717) is 0 Å². The summed E-state index contributed by atoms with van der Waals surface area (Å²) in [6.45, 7) is 11.4. The molecule has 0 N–H and O–H groups in total. The first-order valence-electron chi connectivity index (χ1n) is 5.83. The summed E-state index contributed by atoms with van der Waals surface area (Å²) in [6, 6.07) is 0. The van der Waals surface area contributed by atoms with Gasteiger partial charge in [-0.3, -0.25) is 4.48 Å². The van der Waals surface area contributed by atoms with Crippen LogP contribution in [-0.2, 0) is 0 Å². The molecule has 0 unspecified atom stereocenters. The second-order valence-electron chi connectivity index (χ2n) is 5.17. The molecule has 0 amide bonds. The number of rotatable bonds is 1. The highest BCUT2D eigenvalue weighted by Gasteiger charge is 2.45. The molecule has 3 rings (SSSR count). The molecular formula is C12H22N2+2. The van der Waals surface area contributed by atoms with Crippen molar-refractivity contribution in [2.75, 3.05) is 52.9 Å². The summed E-state index contributed by atoms with van der Waals surface area (Å²) in [4.78, 5) is 0. The van der Waals surface area contributed by atoms with Gasteiger partial charge in [-0.05, 0) is 5.92 Å². The van der Waals surface area contributed by atoms with E-state index in [1.54, 1.807) is 0 Å². The van der Waals surface area contributed by atoms with E-state index in [1.807, 2.05) is 0 Å². The van der Waals surface area contributed by atoms with Crippen LogP contribution in [0.3, 0.4) is 0 Å². The summed E-state index contributed by atoms with van der Waals surface area (Å²) in [5.74, 6) is 6.56. The molecule has 14 heavy (non-hydrogen) atoms. The number of nitrogens with zero attached hydrogens (tertiary/aromatic N) is 2. The van der Waals surface area contributed by atoms with E-state index >= 15 is 0 Å². The van der Waals surface area contributed by atoms with E-state index in [2.05, 4.69) is 25.8 Å². The zero-order valence-corrected chi connectivity index (χ0v) is 9.55. The third kappa shape index (κ3) is 1.80. The number of hydrogen-bond donors (Lipinski definition) is 0. The summed E-state index contributed by atoms with van der Waals surface area (Å²) >= 11 is 0. The summed E-state index contributed by atoms with van der Waals surface area (Å²) in [7, 11) is 2.41. The highest BCUT2D eigenvalue weighted by Crippen LogP contribution is 2.23. The van der Waals surface area contributed by atoms with Gasteiger partial charge >= 0.3 is 0 Å². The number of hydrogen-bond acceptors (Lipinski definition) is 0. The fraction of sp³-hybridized carbons (Fsp3) is 0.833. The van der Waals surface area contributed by atoms with Gasteiger partial charge in [-0.1, -0.05) is 12.8 Å². The second-order valence-corrected chi connectivity index (χ2v) is 5.17. The highest BCUT2D eigenvalue weighted by molar-refractivity contribution is 4.98. The van der Waals surface area contributed by atoms with Gasteiger partial charge in [-0.2, -0.15) is 0 Å². The Labute approximate surface area is 87.7 Å². The van der Waals surface area contributed by atoms with Crippen LogP contribution in [0.5, 0.6) is 0 Å². The van der Waals surface area contributed by atoms with Crippen molar-refractivity contribution in [1.29, 1.82) is 0 Å². The maximum Gasteiger partial charge on any atom is 0.141 e. The first kappa shape index (κ1) is 10.0. The lowest BCUT2D eigenvalue weighted by Crippen LogP contribution is -2.73. The van der Waals surface area contributed by atoms with Crippen molar-refractivity contribution < 1.29 is 8.97 Å². The van der Waals surface area contributed by atoms with Crippen molar-refractivity contribution in [2.24, 2.45) is 0 Å². The molecule has 3 saturated heterocycles. The Morgan fingerprint density at radius 2 is 1.50 bits per heavy atom. The van der Waals surface area contributed by atoms with E-state index in [-0.39, 0.29) is 0 Å². The zero-order chi connectivity index (χ0) is 10.1. The monoisotopic (exact) mass is 194 g/mol. The molecule has 0 saturated carbocycles. The number of piperazine rings is 3. The van der Waals surface area contributed by atoms with Crippen molar-refractivity contribution in [3.05, 3.63) is 0 Å². The molecule has 0 atom stereocenters. The largest absolute Gasteiger partial charge is 0.312 e. The fourth-order valence-corrected chi connectivity index (χ4v) is 2.62. The Kier molecular flexibility index (Phi) is 2.55. The van der Waals surface area contributed by atoms with Crippen LogP contribution in [0.4, 0.5) is 0 Å². The van der Waals surface area contributed by atoms with Gasteiger partial charge in [0.25, 0.3) is 0 Å². The van der Waals surface area contributed by atoms with Crippen LogP contribution >= 0.6 is 0 Å². The molecule has 0 aliphatic carbocycles. The Balaban J connectivity index is 1.98. The van der Waals surface area contributed by atoms with Crippen molar-refractivity contribution in [1.82, 2.24) is 0 Å². The van der Waals surface area contributed by atoms with E-state index in [4.69, 9.17) is 0 Å². The molecule has 0 radical (unpaired) electrons. The summed E-state index contributed by atoms with van der Waals surface area (Å²) in [6.07, 6.45) is 1.01. The minimum atomic E-state index is 1.01. The molecule has 0 spiro atoms. The number of quaternary nitrogens is 2. The van der Waals surface area contributed by atoms with Crippen LogP contribution in [-0.4, -0.2) is 61.8 Å². The van der Waals surface area contributed by atoms with E-state index in [0.717, 1.165) is 13.0 Å². The Morgan fingerprint density at radius 3 is 2.00 bits per heavy atom. The van der Waals surface area contributed by atoms with Gasteiger partial charge in [-0.15, -0.1) is 0 Å². The van der Waals surface area contributed by atoms with Crippen LogP contribution in [0.25, 0.3) is 0 Å². The predicted molar refractivity (Wildman–Crippen MR) is 58.6 cm³/mol. The van der Waals surface area contributed by atoms with Gasteiger partial charge in [-0.25, -0.2) is 0 Å². The SMILES string of the molecule is CCC#CC[N+]12CC[N+](C)(CC1)CC2. The van der Waals surface area contributed by atoms with Gasteiger partial charge in [0.2, 0.25) is 0 Å². The second kappa shape index (κ2) is 3.56. The standard InChI is InChI=1S/C12H22N2/c1-3-4-5-6-14-10-7-13(2,8-11-14)9-12-14/h3,6-12H2,1-2H3/q+2. The molecule has 0 aromatic heterocycles. The Morgan fingerprint density at radius 1 is 0.929 bits per heavy atom. The molecule has 2 nitrogen and oxygen atoms in total. The van der Waals surface area contributed by atoms with Crippen molar-refractivity contribution >= 4 is 0 Å². The van der Waals surface area contributed by atoms with E-state index in [1.165, 1.54) is 48.2 Å². The number of likely N-dealkylation sites (N-methyl/N-ethyl adjacent to an activating group) is 1. The van der Waals surface area contributed by atoms with Crippen LogP contribution in [0.2, 0.25) is 0 Å². The molecule has 3 heterocycles. The molecule has 78 valence electrons.